The summed E-state index contributed by atoms with van der Waals surface area (Å²) in [5.41, 5.74) is 0. The van der Waals surface area contributed by atoms with E-state index < -0.39 is 0 Å². The molecule has 0 rings (SSSR count). The summed E-state index contributed by atoms with van der Waals surface area (Å²) in [7, 11) is -0.0800. The second-order valence-electron chi connectivity index (χ2n) is 2.66. The monoisotopic (exact) mass is 157 g/mol. The fourth-order valence-corrected chi connectivity index (χ4v) is 1.37. The van der Waals surface area contributed by atoms with Gasteiger partial charge in [-0.3, -0.25) is 0 Å². The fourth-order valence-electron chi connectivity index (χ4n) is 0.977. The molecule has 1 nitrogen and oxygen atoms in total. The molecular formula is C8H17OSi. The van der Waals surface area contributed by atoms with Crippen molar-refractivity contribution in [2.75, 3.05) is 0 Å². The zero-order chi connectivity index (χ0) is 7.66. The Bertz CT molecular complexity index is 73.7. The molecule has 2 heteroatoms. The summed E-state index contributed by atoms with van der Waals surface area (Å²) in [6.07, 6.45) is 7.79. The second kappa shape index (κ2) is 9.02. The molecule has 0 aliphatic heterocycles. The van der Waals surface area contributed by atoms with Crippen molar-refractivity contribution in [2.24, 2.45) is 0 Å². The molecule has 0 saturated heterocycles. The van der Waals surface area contributed by atoms with Crippen LogP contribution in [0.15, 0.2) is 0 Å². The molecule has 0 atom stereocenters. The van der Waals surface area contributed by atoms with Gasteiger partial charge in [-0.15, -0.1) is 0 Å². The van der Waals surface area contributed by atoms with Crippen molar-refractivity contribution in [2.45, 2.75) is 51.5 Å². The normalized spacial score (nSPS) is 9.70. The van der Waals surface area contributed by atoms with Gasteiger partial charge in [0.25, 0.3) is 0 Å². The average molecular weight is 157 g/mol. The Balaban J connectivity index is 2.70. The van der Waals surface area contributed by atoms with Crippen LogP contribution in [0.1, 0.15) is 45.4 Å². The lowest BCUT2D eigenvalue weighted by Crippen LogP contribution is -1.79. The number of hydrogen-bond acceptors (Lipinski definition) is 1. The van der Waals surface area contributed by atoms with Gasteiger partial charge in [-0.05, 0) is 12.5 Å². The summed E-state index contributed by atoms with van der Waals surface area (Å²) in [6, 6.07) is 0.909. The van der Waals surface area contributed by atoms with E-state index in [1.165, 1.54) is 32.1 Å². The van der Waals surface area contributed by atoms with Crippen LogP contribution >= 0.6 is 0 Å². The van der Waals surface area contributed by atoms with E-state index in [1.807, 2.05) is 0 Å². The van der Waals surface area contributed by atoms with Crippen molar-refractivity contribution in [1.29, 1.82) is 0 Å². The lowest BCUT2D eigenvalue weighted by molar-refractivity contribution is 0.568. The molecule has 0 saturated carbocycles. The van der Waals surface area contributed by atoms with Crippen LogP contribution in [0.3, 0.4) is 0 Å². The zero-order valence-corrected chi connectivity index (χ0v) is 7.86. The Hall–Kier alpha value is 0.0169. The van der Waals surface area contributed by atoms with E-state index in [1.54, 1.807) is 0 Å². The van der Waals surface area contributed by atoms with E-state index in [-0.39, 0.29) is 9.41 Å². The molecular weight excluding hydrogens is 140 g/mol. The molecule has 0 N–H and O–H groups in total. The first kappa shape index (κ1) is 10.0. The maximum atomic E-state index is 10.0. The van der Waals surface area contributed by atoms with Crippen LogP contribution in [-0.2, 0) is 4.46 Å². The summed E-state index contributed by atoms with van der Waals surface area (Å²) in [5, 5.41) is 0. The molecule has 0 bridgehead atoms. The molecule has 0 spiro atoms. The number of hydrogen-bond donors (Lipinski definition) is 0. The third kappa shape index (κ3) is 8.02. The van der Waals surface area contributed by atoms with Gasteiger partial charge in [0.05, 0.1) is 0 Å². The van der Waals surface area contributed by atoms with Gasteiger partial charge in [0.15, 0.2) is 0 Å². The first-order chi connectivity index (χ1) is 4.91. The first-order valence-electron chi connectivity index (χ1n) is 4.26. The van der Waals surface area contributed by atoms with Crippen LogP contribution in [0.2, 0.25) is 6.04 Å². The van der Waals surface area contributed by atoms with E-state index in [0.29, 0.717) is 0 Å². The van der Waals surface area contributed by atoms with Crippen molar-refractivity contribution in [3.05, 3.63) is 0 Å². The second-order valence-corrected chi connectivity index (χ2v) is 3.45. The lowest BCUT2D eigenvalue weighted by atomic mass is 10.1. The Morgan fingerprint density at radius 2 is 1.60 bits per heavy atom. The Morgan fingerprint density at radius 3 is 2.20 bits per heavy atom. The van der Waals surface area contributed by atoms with E-state index in [4.69, 9.17) is 0 Å². The fraction of sp³-hybridized carbons (Fsp3) is 1.00. The van der Waals surface area contributed by atoms with E-state index in [9.17, 15) is 4.46 Å². The maximum absolute atomic E-state index is 10.0. The zero-order valence-electron chi connectivity index (χ0n) is 6.86. The number of rotatable bonds is 7. The third-order valence-electron chi connectivity index (χ3n) is 1.63. The maximum Gasteiger partial charge on any atom is 0.325 e. The van der Waals surface area contributed by atoms with Crippen LogP contribution in [0.4, 0.5) is 0 Å². The quantitative estimate of drug-likeness (QED) is 0.410. The third-order valence-corrected chi connectivity index (χ3v) is 2.19. The molecule has 1 radical (unpaired) electrons. The van der Waals surface area contributed by atoms with Crippen LogP contribution in [0, 0.1) is 0 Å². The van der Waals surface area contributed by atoms with Gasteiger partial charge >= 0.3 is 9.41 Å². The summed E-state index contributed by atoms with van der Waals surface area (Å²) in [6.45, 7) is 2.22. The molecule has 59 valence electrons. The van der Waals surface area contributed by atoms with Crippen LogP contribution in [0.5, 0.6) is 0 Å². The number of unbranched alkanes of at least 4 members (excludes halogenated alkanes) is 5. The predicted octanol–water partition coefficient (Wildman–Crippen LogP) is 2.81. The van der Waals surface area contributed by atoms with Crippen molar-refractivity contribution >= 4 is 9.41 Å². The predicted molar refractivity (Wildman–Crippen MR) is 44.6 cm³/mol. The molecule has 0 aromatic carbocycles. The molecule has 0 aliphatic rings. The SMILES string of the molecule is CCCCCCCC[Si]=O. The van der Waals surface area contributed by atoms with E-state index in [0.717, 1.165) is 12.5 Å². The van der Waals surface area contributed by atoms with Crippen molar-refractivity contribution in [3.8, 4) is 0 Å². The van der Waals surface area contributed by atoms with Crippen LogP contribution in [-0.4, -0.2) is 9.41 Å². The highest BCUT2D eigenvalue weighted by Crippen LogP contribution is 2.05. The minimum atomic E-state index is -0.0800. The molecule has 0 aromatic rings. The summed E-state index contributed by atoms with van der Waals surface area (Å²) < 4.78 is 10.0. The Kier molecular flexibility index (Phi) is 9.03. The molecule has 0 aliphatic carbocycles. The molecule has 0 fully saturated rings. The first-order valence-corrected chi connectivity index (χ1v) is 5.38. The summed E-state index contributed by atoms with van der Waals surface area (Å²) in [4.78, 5) is 0. The van der Waals surface area contributed by atoms with Crippen molar-refractivity contribution in [1.82, 2.24) is 0 Å². The van der Waals surface area contributed by atoms with Crippen molar-refractivity contribution in [3.63, 3.8) is 0 Å². The van der Waals surface area contributed by atoms with Gasteiger partial charge in [-0.25, -0.2) is 0 Å². The van der Waals surface area contributed by atoms with Crippen molar-refractivity contribution < 1.29 is 4.46 Å². The highest BCUT2D eigenvalue weighted by atomic mass is 28.2. The van der Waals surface area contributed by atoms with Gasteiger partial charge in [0, 0.05) is 0 Å². The molecule has 0 unspecified atom stereocenters. The van der Waals surface area contributed by atoms with Gasteiger partial charge < -0.3 is 4.46 Å². The molecule has 0 aromatic heterocycles. The Labute approximate surface area is 66.1 Å². The van der Waals surface area contributed by atoms with Gasteiger partial charge in [0.2, 0.25) is 0 Å². The average Bonchev–Trinajstić information content (AvgIpc) is 1.97. The standard InChI is InChI=1S/C8H17OSi/c1-2-3-4-5-6-7-8-10-9/h2-8H2,1H3. The molecule has 10 heavy (non-hydrogen) atoms. The van der Waals surface area contributed by atoms with E-state index >= 15 is 0 Å². The highest BCUT2D eigenvalue weighted by molar-refractivity contribution is 6.16. The lowest BCUT2D eigenvalue weighted by Gasteiger charge is -1.95. The summed E-state index contributed by atoms with van der Waals surface area (Å²) >= 11 is 0. The largest absolute Gasteiger partial charge is 0.385 e. The highest BCUT2D eigenvalue weighted by Gasteiger charge is 1.88. The minimum absolute atomic E-state index is 0.0800. The Morgan fingerprint density at radius 1 is 1.00 bits per heavy atom. The van der Waals surface area contributed by atoms with Crippen LogP contribution in [0.25, 0.3) is 0 Å². The van der Waals surface area contributed by atoms with Gasteiger partial charge in [-0.2, -0.15) is 0 Å². The van der Waals surface area contributed by atoms with E-state index in [2.05, 4.69) is 6.92 Å². The molecule has 0 heterocycles. The summed E-state index contributed by atoms with van der Waals surface area (Å²) in [5.74, 6) is 0. The van der Waals surface area contributed by atoms with Gasteiger partial charge in [-0.1, -0.05) is 39.0 Å². The smallest absolute Gasteiger partial charge is 0.325 e. The molecule has 0 amide bonds. The minimum Gasteiger partial charge on any atom is -0.385 e. The van der Waals surface area contributed by atoms with Gasteiger partial charge in [0.1, 0.15) is 0 Å². The topological polar surface area (TPSA) is 17.1 Å². The van der Waals surface area contributed by atoms with Crippen LogP contribution < -0.4 is 0 Å².